The zero-order valence-electron chi connectivity index (χ0n) is 11.9. The van der Waals surface area contributed by atoms with Crippen LogP contribution in [0.4, 0.5) is 11.6 Å². The first-order valence-corrected chi connectivity index (χ1v) is 7.14. The fourth-order valence-corrected chi connectivity index (χ4v) is 3.20. The third-order valence-electron chi connectivity index (χ3n) is 4.31. The van der Waals surface area contributed by atoms with Crippen LogP contribution in [-0.4, -0.2) is 14.5 Å². The van der Waals surface area contributed by atoms with E-state index in [9.17, 15) is 0 Å². The van der Waals surface area contributed by atoms with Crippen LogP contribution in [0.15, 0.2) is 36.8 Å². The highest BCUT2D eigenvalue weighted by atomic mass is 15.0. The van der Waals surface area contributed by atoms with Crippen LogP contribution >= 0.6 is 0 Å². The number of anilines is 2. The Labute approximate surface area is 122 Å². The number of hydrogen-bond acceptors (Lipinski definition) is 4. The molecule has 0 saturated heterocycles. The number of pyridine rings is 2. The normalized spacial score (nSPS) is 17.1. The first-order valence-electron chi connectivity index (χ1n) is 7.14. The van der Waals surface area contributed by atoms with Gasteiger partial charge in [-0.25, -0.2) is 9.97 Å². The number of nitrogens with one attached hydrogen (secondary N) is 1. The summed E-state index contributed by atoms with van der Waals surface area (Å²) in [5.41, 5.74) is 9.57. The molecule has 3 aromatic heterocycles. The van der Waals surface area contributed by atoms with Crippen molar-refractivity contribution < 1.29 is 0 Å². The molecule has 0 aliphatic heterocycles. The molecular formula is C16H17N5. The Kier molecular flexibility index (Phi) is 2.60. The molecule has 0 saturated carbocycles. The first kappa shape index (κ1) is 12.2. The molecule has 21 heavy (non-hydrogen) atoms. The molecule has 5 heteroatoms. The number of nitrogen functional groups attached to an aromatic ring is 1. The number of nitrogens with two attached hydrogens (primary N) is 1. The molecule has 0 fully saturated rings. The quantitative estimate of drug-likeness (QED) is 0.756. The van der Waals surface area contributed by atoms with Crippen molar-refractivity contribution in [1.82, 2.24) is 14.5 Å². The van der Waals surface area contributed by atoms with Crippen LogP contribution in [0.3, 0.4) is 0 Å². The van der Waals surface area contributed by atoms with Gasteiger partial charge in [0.1, 0.15) is 11.6 Å². The second kappa shape index (κ2) is 4.48. The van der Waals surface area contributed by atoms with Crippen LogP contribution < -0.4 is 11.1 Å². The summed E-state index contributed by atoms with van der Waals surface area (Å²) in [6.45, 7) is 0. The summed E-state index contributed by atoms with van der Waals surface area (Å²) in [5, 5.41) is 4.72. The molecule has 106 valence electrons. The van der Waals surface area contributed by atoms with Gasteiger partial charge in [0.05, 0.1) is 11.6 Å². The Bertz CT molecular complexity index is 821. The lowest BCUT2D eigenvalue weighted by Crippen LogP contribution is -2.09. The Morgan fingerprint density at radius 2 is 2.10 bits per heavy atom. The summed E-state index contributed by atoms with van der Waals surface area (Å²) < 4.78 is 2.10. The van der Waals surface area contributed by atoms with Gasteiger partial charge in [-0.05, 0) is 42.2 Å². The molecule has 1 aliphatic rings. The van der Waals surface area contributed by atoms with Crippen molar-refractivity contribution in [1.29, 1.82) is 0 Å². The molecule has 0 radical (unpaired) electrons. The van der Waals surface area contributed by atoms with Crippen molar-refractivity contribution in [2.75, 3.05) is 11.1 Å². The van der Waals surface area contributed by atoms with E-state index in [1.807, 2.05) is 19.3 Å². The maximum Gasteiger partial charge on any atom is 0.135 e. The van der Waals surface area contributed by atoms with E-state index < -0.39 is 0 Å². The maximum absolute atomic E-state index is 5.96. The third-order valence-corrected chi connectivity index (χ3v) is 4.31. The standard InChI is InChI=1S/C16H17N5/c1-21-9-6-12-14(21)5-8-19-16(12)20-13-3-2-11-10(13)4-7-18-15(11)17/h4-9,13H,2-3H2,1H3,(H2,17,18)(H,19,20). The number of nitrogens with zero attached hydrogens (tertiary/aromatic N) is 3. The summed E-state index contributed by atoms with van der Waals surface area (Å²) >= 11 is 0. The van der Waals surface area contributed by atoms with E-state index in [0.29, 0.717) is 5.82 Å². The smallest absolute Gasteiger partial charge is 0.135 e. The van der Waals surface area contributed by atoms with Crippen molar-refractivity contribution in [2.45, 2.75) is 18.9 Å². The lowest BCUT2D eigenvalue weighted by atomic mass is 10.1. The Balaban J connectivity index is 1.73. The van der Waals surface area contributed by atoms with Gasteiger partial charge in [-0.1, -0.05) is 0 Å². The van der Waals surface area contributed by atoms with E-state index >= 15 is 0 Å². The second-order valence-electron chi connectivity index (χ2n) is 5.52. The molecule has 3 N–H and O–H groups in total. The van der Waals surface area contributed by atoms with Gasteiger partial charge < -0.3 is 15.6 Å². The molecule has 0 aromatic carbocycles. The molecule has 0 amide bonds. The summed E-state index contributed by atoms with van der Waals surface area (Å²) in [7, 11) is 2.04. The molecule has 3 heterocycles. The molecule has 0 spiro atoms. The van der Waals surface area contributed by atoms with Crippen LogP contribution in [0.1, 0.15) is 23.6 Å². The number of rotatable bonds is 2. The van der Waals surface area contributed by atoms with Crippen LogP contribution in [0.2, 0.25) is 0 Å². The van der Waals surface area contributed by atoms with Gasteiger partial charge in [0, 0.05) is 31.0 Å². The Hall–Kier alpha value is -2.56. The molecule has 1 aliphatic carbocycles. The third kappa shape index (κ3) is 1.85. The summed E-state index contributed by atoms with van der Waals surface area (Å²) in [5.74, 6) is 1.59. The van der Waals surface area contributed by atoms with Crippen LogP contribution in [0.5, 0.6) is 0 Å². The number of hydrogen-bond donors (Lipinski definition) is 2. The van der Waals surface area contributed by atoms with Crippen LogP contribution in [-0.2, 0) is 13.5 Å². The van der Waals surface area contributed by atoms with Gasteiger partial charge in [0.25, 0.3) is 0 Å². The molecule has 5 nitrogen and oxygen atoms in total. The Morgan fingerprint density at radius 3 is 3.00 bits per heavy atom. The number of aryl methyl sites for hydroxylation is 1. The molecular weight excluding hydrogens is 262 g/mol. The molecule has 1 unspecified atom stereocenters. The minimum absolute atomic E-state index is 0.253. The second-order valence-corrected chi connectivity index (χ2v) is 5.52. The fraction of sp³-hybridized carbons (Fsp3) is 0.250. The summed E-state index contributed by atoms with van der Waals surface area (Å²) in [4.78, 5) is 8.68. The lowest BCUT2D eigenvalue weighted by Gasteiger charge is -2.15. The largest absolute Gasteiger partial charge is 0.383 e. The molecule has 1 atom stereocenters. The fourth-order valence-electron chi connectivity index (χ4n) is 3.20. The molecule has 0 bridgehead atoms. The molecule has 4 rings (SSSR count). The van der Waals surface area contributed by atoms with Gasteiger partial charge in [0.2, 0.25) is 0 Å². The summed E-state index contributed by atoms with van der Waals surface area (Å²) in [6.07, 6.45) is 7.68. The van der Waals surface area contributed by atoms with Gasteiger partial charge in [0.15, 0.2) is 0 Å². The van der Waals surface area contributed by atoms with E-state index in [2.05, 4.69) is 38.2 Å². The zero-order chi connectivity index (χ0) is 14.4. The SMILES string of the molecule is Cn1ccc2c(NC3CCc4c3ccnc4N)nccc21. The highest BCUT2D eigenvalue weighted by Gasteiger charge is 2.25. The van der Waals surface area contributed by atoms with Crippen molar-refractivity contribution in [2.24, 2.45) is 7.05 Å². The minimum Gasteiger partial charge on any atom is -0.383 e. The maximum atomic E-state index is 5.96. The number of fused-ring (bicyclic) bond motifs is 2. The van der Waals surface area contributed by atoms with E-state index in [1.165, 1.54) is 16.6 Å². The predicted octanol–water partition coefficient (Wildman–Crippen LogP) is 2.65. The highest BCUT2D eigenvalue weighted by Crippen LogP contribution is 2.36. The van der Waals surface area contributed by atoms with E-state index in [1.54, 1.807) is 6.20 Å². The van der Waals surface area contributed by atoms with Gasteiger partial charge in [-0.15, -0.1) is 0 Å². The van der Waals surface area contributed by atoms with Crippen molar-refractivity contribution in [3.63, 3.8) is 0 Å². The first-order chi connectivity index (χ1) is 10.2. The monoisotopic (exact) mass is 279 g/mol. The lowest BCUT2D eigenvalue weighted by molar-refractivity contribution is 0.759. The average molecular weight is 279 g/mol. The topological polar surface area (TPSA) is 68.8 Å². The minimum atomic E-state index is 0.253. The van der Waals surface area contributed by atoms with Crippen molar-refractivity contribution in [3.8, 4) is 0 Å². The van der Waals surface area contributed by atoms with Crippen LogP contribution in [0.25, 0.3) is 10.9 Å². The summed E-state index contributed by atoms with van der Waals surface area (Å²) in [6, 6.07) is 6.44. The highest BCUT2D eigenvalue weighted by molar-refractivity contribution is 5.90. The van der Waals surface area contributed by atoms with Crippen molar-refractivity contribution in [3.05, 3.63) is 47.9 Å². The van der Waals surface area contributed by atoms with E-state index in [0.717, 1.165) is 24.0 Å². The molecule has 3 aromatic rings. The van der Waals surface area contributed by atoms with Gasteiger partial charge >= 0.3 is 0 Å². The predicted molar refractivity (Wildman–Crippen MR) is 84.0 cm³/mol. The average Bonchev–Trinajstić information content (AvgIpc) is 3.06. The number of aromatic nitrogens is 3. The van der Waals surface area contributed by atoms with E-state index in [4.69, 9.17) is 5.73 Å². The van der Waals surface area contributed by atoms with Gasteiger partial charge in [-0.2, -0.15) is 0 Å². The zero-order valence-corrected chi connectivity index (χ0v) is 11.9. The van der Waals surface area contributed by atoms with Crippen LogP contribution in [0, 0.1) is 0 Å². The Morgan fingerprint density at radius 1 is 1.24 bits per heavy atom. The van der Waals surface area contributed by atoms with Crippen molar-refractivity contribution >= 4 is 22.5 Å². The van der Waals surface area contributed by atoms with Gasteiger partial charge in [-0.3, -0.25) is 0 Å². The van der Waals surface area contributed by atoms with E-state index in [-0.39, 0.29) is 6.04 Å².